The van der Waals surface area contributed by atoms with Gasteiger partial charge in [-0.15, -0.1) is 0 Å². The van der Waals surface area contributed by atoms with Crippen molar-refractivity contribution in [3.8, 4) is 0 Å². The highest BCUT2D eigenvalue weighted by molar-refractivity contribution is 6.31. The first-order valence-electron chi connectivity index (χ1n) is 8.56. The van der Waals surface area contributed by atoms with Gasteiger partial charge in [-0.25, -0.2) is 4.98 Å². The normalized spacial score (nSPS) is 25.9. The lowest BCUT2D eigenvalue weighted by Gasteiger charge is -2.56. The number of anilines is 1. The first kappa shape index (κ1) is 16.1. The molecule has 128 valence electrons. The van der Waals surface area contributed by atoms with Gasteiger partial charge in [-0.1, -0.05) is 17.7 Å². The molecule has 2 aliphatic rings. The third-order valence-corrected chi connectivity index (χ3v) is 6.25. The summed E-state index contributed by atoms with van der Waals surface area (Å²) in [6.45, 7) is 3.91. The summed E-state index contributed by atoms with van der Waals surface area (Å²) in [5.74, 6) is 1.000. The maximum absolute atomic E-state index is 10.3. The lowest BCUT2D eigenvalue weighted by molar-refractivity contribution is -0.190. The number of aliphatic hydroxyl groups excluding tert-OH is 1. The van der Waals surface area contributed by atoms with E-state index in [1.165, 1.54) is 5.56 Å². The van der Waals surface area contributed by atoms with E-state index in [0.29, 0.717) is 5.02 Å². The van der Waals surface area contributed by atoms with Crippen LogP contribution >= 0.6 is 11.6 Å². The highest BCUT2D eigenvalue weighted by Gasteiger charge is 2.55. The Morgan fingerprint density at radius 3 is 2.71 bits per heavy atom. The van der Waals surface area contributed by atoms with Crippen molar-refractivity contribution in [1.29, 1.82) is 0 Å². The lowest BCUT2D eigenvalue weighted by atomic mass is 9.58. The fraction of sp³-hybridized carbons (Fsp3) is 0.526. The molecule has 1 saturated carbocycles. The average molecular weight is 347 g/mol. The molecule has 1 aliphatic heterocycles. The van der Waals surface area contributed by atoms with Gasteiger partial charge in [-0.2, -0.15) is 0 Å². The fourth-order valence-corrected chi connectivity index (χ4v) is 4.55. The second kappa shape index (κ2) is 5.87. The SMILES string of the molecule is CO[C@@H]1C[C@H](O)C12CCN(c1cc(C)c3ccc(Cl)cc3n1)CC2. The molecule has 24 heavy (non-hydrogen) atoms. The third-order valence-electron chi connectivity index (χ3n) is 6.01. The lowest BCUT2D eigenvalue weighted by Crippen LogP contribution is -2.62. The molecule has 4 nitrogen and oxygen atoms in total. The van der Waals surface area contributed by atoms with Crippen LogP contribution in [0.4, 0.5) is 5.82 Å². The number of aliphatic hydroxyl groups is 1. The molecule has 2 heterocycles. The zero-order valence-electron chi connectivity index (χ0n) is 14.1. The zero-order chi connectivity index (χ0) is 16.9. The summed E-state index contributed by atoms with van der Waals surface area (Å²) < 4.78 is 5.57. The van der Waals surface area contributed by atoms with Gasteiger partial charge in [0.15, 0.2) is 0 Å². The molecule has 1 aromatic heterocycles. The largest absolute Gasteiger partial charge is 0.392 e. The summed E-state index contributed by atoms with van der Waals surface area (Å²) in [5.41, 5.74) is 2.10. The van der Waals surface area contributed by atoms with Gasteiger partial charge in [0, 0.05) is 42.4 Å². The molecule has 2 fully saturated rings. The second-order valence-electron chi connectivity index (χ2n) is 7.15. The van der Waals surface area contributed by atoms with Crippen LogP contribution in [0, 0.1) is 12.3 Å². The Morgan fingerprint density at radius 2 is 2.04 bits per heavy atom. The van der Waals surface area contributed by atoms with Gasteiger partial charge in [-0.05, 0) is 43.5 Å². The van der Waals surface area contributed by atoms with Crippen LogP contribution in [-0.4, -0.2) is 42.5 Å². The van der Waals surface area contributed by atoms with Crippen LogP contribution < -0.4 is 4.90 Å². The van der Waals surface area contributed by atoms with Gasteiger partial charge in [0.25, 0.3) is 0 Å². The summed E-state index contributed by atoms with van der Waals surface area (Å²) in [6.07, 6.45) is 2.62. The maximum atomic E-state index is 10.3. The van der Waals surface area contributed by atoms with E-state index in [-0.39, 0.29) is 17.6 Å². The molecule has 1 aromatic carbocycles. The van der Waals surface area contributed by atoms with Crippen molar-refractivity contribution in [1.82, 2.24) is 4.98 Å². The zero-order valence-corrected chi connectivity index (χ0v) is 14.9. The number of benzene rings is 1. The van der Waals surface area contributed by atoms with Crippen molar-refractivity contribution in [3.63, 3.8) is 0 Å². The van der Waals surface area contributed by atoms with Gasteiger partial charge < -0.3 is 14.7 Å². The Kier molecular flexibility index (Phi) is 3.94. The molecule has 0 amide bonds. The standard InChI is InChI=1S/C19H23ClN2O2/c1-12-9-18(21-15-10-13(20)3-4-14(12)15)22-7-5-19(6-8-22)16(23)11-17(19)24-2/h3-4,9-10,16-17,23H,5-8,11H2,1-2H3/t16-,17+/m0/s1. The molecule has 0 radical (unpaired) electrons. The predicted octanol–water partition coefficient (Wildman–Crippen LogP) is 3.56. The summed E-state index contributed by atoms with van der Waals surface area (Å²) in [5, 5.41) is 12.1. The van der Waals surface area contributed by atoms with Crippen molar-refractivity contribution in [3.05, 3.63) is 34.9 Å². The van der Waals surface area contributed by atoms with Gasteiger partial charge in [0.1, 0.15) is 5.82 Å². The first-order chi connectivity index (χ1) is 11.5. The van der Waals surface area contributed by atoms with Crippen LogP contribution in [0.5, 0.6) is 0 Å². The van der Waals surface area contributed by atoms with Crippen LogP contribution in [0.2, 0.25) is 5.02 Å². The number of fused-ring (bicyclic) bond motifs is 1. The second-order valence-corrected chi connectivity index (χ2v) is 7.59. The van der Waals surface area contributed by atoms with E-state index < -0.39 is 0 Å². The Bertz CT molecular complexity index is 771. The van der Waals surface area contributed by atoms with E-state index in [4.69, 9.17) is 21.3 Å². The quantitative estimate of drug-likeness (QED) is 0.903. The molecule has 2 atom stereocenters. The maximum Gasteiger partial charge on any atom is 0.129 e. The molecule has 1 spiro atoms. The van der Waals surface area contributed by atoms with Crippen LogP contribution in [0.25, 0.3) is 10.9 Å². The topological polar surface area (TPSA) is 45.6 Å². The van der Waals surface area contributed by atoms with Gasteiger partial charge >= 0.3 is 0 Å². The fourth-order valence-electron chi connectivity index (χ4n) is 4.38. The molecule has 0 unspecified atom stereocenters. The minimum atomic E-state index is -0.227. The minimum Gasteiger partial charge on any atom is -0.392 e. The number of piperidine rings is 1. The number of methoxy groups -OCH3 is 1. The third kappa shape index (κ3) is 2.40. The van der Waals surface area contributed by atoms with Crippen LogP contribution in [-0.2, 0) is 4.74 Å². The Labute approximate surface area is 147 Å². The summed E-state index contributed by atoms with van der Waals surface area (Å²) in [4.78, 5) is 7.13. The number of ether oxygens (including phenoxy) is 1. The minimum absolute atomic E-state index is 0.0551. The number of rotatable bonds is 2. The van der Waals surface area contributed by atoms with Crippen molar-refractivity contribution >= 4 is 28.3 Å². The van der Waals surface area contributed by atoms with Gasteiger partial charge in [-0.3, -0.25) is 0 Å². The Balaban J connectivity index is 1.59. The molecule has 4 rings (SSSR count). The van der Waals surface area contributed by atoms with E-state index in [2.05, 4.69) is 17.9 Å². The highest BCUT2D eigenvalue weighted by Crippen LogP contribution is 2.51. The summed E-state index contributed by atoms with van der Waals surface area (Å²) in [7, 11) is 1.75. The summed E-state index contributed by atoms with van der Waals surface area (Å²) >= 11 is 6.13. The molecule has 1 aliphatic carbocycles. The van der Waals surface area contributed by atoms with E-state index in [1.54, 1.807) is 7.11 Å². The number of halogens is 1. The number of hydrogen-bond donors (Lipinski definition) is 1. The molecular weight excluding hydrogens is 324 g/mol. The molecule has 1 N–H and O–H groups in total. The molecule has 2 aromatic rings. The number of aromatic nitrogens is 1. The van der Waals surface area contributed by atoms with Crippen LogP contribution in [0.1, 0.15) is 24.8 Å². The first-order valence-corrected chi connectivity index (χ1v) is 8.94. The van der Waals surface area contributed by atoms with Crippen molar-refractivity contribution in [2.24, 2.45) is 5.41 Å². The molecule has 0 bridgehead atoms. The smallest absolute Gasteiger partial charge is 0.129 e. The predicted molar refractivity (Wildman–Crippen MR) is 96.8 cm³/mol. The van der Waals surface area contributed by atoms with E-state index >= 15 is 0 Å². The molecule has 5 heteroatoms. The van der Waals surface area contributed by atoms with Crippen LogP contribution in [0.15, 0.2) is 24.3 Å². The highest BCUT2D eigenvalue weighted by atomic mass is 35.5. The van der Waals surface area contributed by atoms with E-state index in [0.717, 1.165) is 49.1 Å². The monoisotopic (exact) mass is 346 g/mol. The molecular formula is C19H23ClN2O2. The summed E-state index contributed by atoms with van der Waals surface area (Å²) in [6, 6.07) is 8.02. The Hall–Kier alpha value is -1.36. The number of aryl methyl sites for hydroxylation is 1. The van der Waals surface area contributed by atoms with Crippen molar-refractivity contribution < 1.29 is 9.84 Å². The Morgan fingerprint density at radius 1 is 1.29 bits per heavy atom. The number of nitrogens with zero attached hydrogens (tertiary/aromatic N) is 2. The number of hydrogen-bond acceptors (Lipinski definition) is 4. The molecule has 1 saturated heterocycles. The van der Waals surface area contributed by atoms with Crippen molar-refractivity contribution in [2.45, 2.75) is 38.4 Å². The van der Waals surface area contributed by atoms with E-state index in [1.807, 2.05) is 18.2 Å². The van der Waals surface area contributed by atoms with Gasteiger partial charge in [0.05, 0.1) is 17.7 Å². The van der Waals surface area contributed by atoms with Crippen LogP contribution in [0.3, 0.4) is 0 Å². The number of pyridine rings is 1. The van der Waals surface area contributed by atoms with E-state index in [9.17, 15) is 5.11 Å². The average Bonchev–Trinajstić information content (AvgIpc) is 2.59. The van der Waals surface area contributed by atoms with Crippen molar-refractivity contribution in [2.75, 3.05) is 25.1 Å². The van der Waals surface area contributed by atoms with Gasteiger partial charge in [0.2, 0.25) is 0 Å².